The molecule has 3 rings (SSSR count). The minimum absolute atomic E-state index is 1.21. The van der Waals surface area contributed by atoms with Crippen molar-refractivity contribution in [3.05, 3.63) is 30.8 Å². The van der Waals surface area contributed by atoms with Crippen molar-refractivity contribution >= 4 is 74.7 Å². The van der Waals surface area contributed by atoms with Gasteiger partial charge in [0.25, 0.3) is 0 Å². The second-order valence-corrected chi connectivity index (χ2v) is 8.70. The SMILES string of the molecule is CC.Cc1c2cc(Br)sc2c(C)c2cc(Br)sc12. The van der Waals surface area contributed by atoms with E-state index < -0.39 is 0 Å². The first-order valence-electron chi connectivity index (χ1n) is 5.85. The Kier molecular flexibility index (Phi) is 4.52. The van der Waals surface area contributed by atoms with Gasteiger partial charge in [0.1, 0.15) is 0 Å². The number of halogens is 2. The molecule has 4 heteroatoms. The average molecular weight is 406 g/mol. The Morgan fingerprint density at radius 1 is 0.778 bits per heavy atom. The Balaban J connectivity index is 0.000000574. The largest absolute Gasteiger partial charge is 0.128 e. The standard InChI is InChI=1S/C12H8Br2S2.C2H6/c1-5-7-3-9(13)16-12(7)6(2)8-4-10(14)15-11(5)8;1-2/h3-4H,1-2H3;1-2H3. The van der Waals surface area contributed by atoms with Gasteiger partial charge in [0.2, 0.25) is 0 Å². The van der Waals surface area contributed by atoms with Gasteiger partial charge >= 0.3 is 0 Å². The van der Waals surface area contributed by atoms with Crippen LogP contribution in [-0.4, -0.2) is 0 Å². The normalized spacial score (nSPS) is 10.8. The van der Waals surface area contributed by atoms with Gasteiger partial charge in [-0.05, 0) is 79.7 Å². The summed E-state index contributed by atoms with van der Waals surface area (Å²) in [6.07, 6.45) is 0. The second kappa shape index (κ2) is 5.61. The monoisotopic (exact) mass is 404 g/mol. The van der Waals surface area contributed by atoms with Crippen molar-refractivity contribution in [1.82, 2.24) is 0 Å². The van der Waals surface area contributed by atoms with Crippen LogP contribution in [0.15, 0.2) is 19.7 Å². The van der Waals surface area contributed by atoms with E-state index in [1.54, 1.807) is 0 Å². The molecule has 1 aromatic carbocycles. The number of fused-ring (bicyclic) bond motifs is 2. The van der Waals surface area contributed by atoms with Gasteiger partial charge in [0.05, 0.1) is 7.57 Å². The summed E-state index contributed by atoms with van der Waals surface area (Å²) in [5, 5.41) is 2.77. The highest BCUT2D eigenvalue weighted by atomic mass is 79.9. The van der Waals surface area contributed by atoms with Crippen molar-refractivity contribution in [2.45, 2.75) is 27.7 Å². The minimum atomic E-state index is 1.21. The van der Waals surface area contributed by atoms with Gasteiger partial charge in [0, 0.05) is 9.40 Å². The topological polar surface area (TPSA) is 0 Å². The van der Waals surface area contributed by atoms with Crippen LogP contribution in [0, 0.1) is 13.8 Å². The maximum atomic E-state index is 3.58. The fourth-order valence-corrected chi connectivity index (χ4v) is 5.42. The van der Waals surface area contributed by atoms with E-state index in [-0.39, 0.29) is 0 Å². The highest BCUT2D eigenvalue weighted by Gasteiger charge is 2.13. The summed E-state index contributed by atoms with van der Waals surface area (Å²) in [5.41, 5.74) is 2.79. The molecule has 0 unspecified atom stereocenters. The van der Waals surface area contributed by atoms with Crippen LogP contribution in [0.4, 0.5) is 0 Å². The average Bonchev–Trinajstić information content (AvgIpc) is 2.92. The van der Waals surface area contributed by atoms with E-state index >= 15 is 0 Å². The molecule has 0 spiro atoms. The van der Waals surface area contributed by atoms with Gasteiger partial charge in [-0.25, -0.2) is 0 Å². The molecule has 2 heterocycles. The Bertz CT molecular complexity index is 593. The molecule has 0 nitrogen and oxygen atoms in total. The van der Waals surface area contributed by atoms with E-state index in [0.29, 0.717) is 0 Å². The van der Waals surface area contributed by atoms with Crippen molar-refractivity contribution in [3.8, 4) is 0 Å². The van der Waals surface area contributed by atoms with Crippen molar-refractivity contribution < 1.29 is 0 Å². The summed E-state index contributed by atoms with van der Waals surface area (Å²) >= 11 is 10.8. The molecule has 96 valence electrons. The van der Waals surface area contributed by atoms with E-state index in [9.17, 15) is 0 Å². The lowest BCUT2D eigenvalue weighted by Crippen LogP contribution is -1.79. The predicted octanol–water partition coefficient (Wildman–Crippen LogP) is 7.28. The van der Waals surface area contributed by atoms with Crippen LogP contribution in [-0.2, 0) is 0 Å². The van der Waals surface area contributed by atoms with Crippen molar-refractivity contribution in [1.29, 1.82) is 0 Å². The van der Waals surface area contributed by atoms with Gasteiger partial charge < -0.3 is 0 Å². The molecule has 0 aliphatic rings. The molecule has 0 saturated heterocycles. The molecule has 0 amide bonds. The summed E-state index contributed by atoms with van der Waals surface area (Å²) < 4.78 is 5.24. The number of hydrogen-bond donors (Lipinski definition) is 0. The van der Waals surface area contributed by atoms with Crippen LogP contribution in [0.1, 0.15) is 25.0 Å². The van der Waals surface area contributed by atoms with Crippen LogP contribution in [0.3, 0.4) is 0 Å². The molecule has 0 N–H and O–H groups in total. The summed E-state index contributed by atoms with van der Waals surface area (Å²) in [6, 6.07) is 4.46. The molecule has 2 aromatic heterocycles. The molecule has 0 aliphatic heterocycles. The first kappa shape index (κ1) is 14.5. The quantitative estimate of drug-likeness (QED) is 0.368. The maximum absolute atomic E-state index is 3.58. The minimum Gasteiger partial charge on any atom is -0.128 e. The number of rotatable bonds is 0. The van der Waals surface area contributed by atoms with Crippen LogP contribution < -0.4 is 0 Å². The molecule has 0 saturated carbocycles. The van der Waals surface area contributed by atoms with E-state index in [1.807, 2.05) is 36.5 Å². The van der Waals surface area contributed by atoms with Gasteiger partial charge in [-0.1, -0.05) is 13.8 Å². The molecule has 0 aliphatic carbocycles. The lowest BCUT2D eigenvalue weighted by Gasteiger charge is -2.03. The van der Waals surface area contributed by atoms with Crippen molar-refractivity contribution in [3.63, 3.8) is 0 Å². The third-order valence-corrected chi connectivity index (χ3v) is 6.41. The van der Waals surface area contributed by atoms with Gasteiger partial charge in [-0.2, -0.15) is 0 Å². The highest BCUT2D eigenvalue weighted by Crippen LogP contribution is 2.43. The summed E-state index contributed by atoms with van der Waals surface area (Å²) in [4.78, 5) is 0. The maximum Gasteiger partial charge on any atom is 0.0711 e. The molecule has 3 aromatic rings. The van der Waals surface area contributed by atoms with Crippen LogP contribution in [0.5, 0.6) is 0 Å². The predicted molar refractivity (Wildman–Crippen MR) is 93.4 cm³/mol. The number of thiophene rings is 2. The van der Waals surface area contributed by atoms with Crippen molar-refractivity contribution in [2.75, 3.05) is 0 Å². The molecular formula is C14H14Br2S2. The Morgan fingerprint density at radius 2 is 1.11 bits per heavy atom. The summed E-state index contributed by atoms with van der Waals surface area (Å²) in [6.45, 7) is 8.43. The number of hydrogen-bond acceptors (Lipinski definition) is 2. The Hall–Kier alpha value is 0.1000. The lowest BCUT2D eigenvalue weighted by molar-refractivity contribution is 1.50. The number of aryl methyl sites for hydroxylation is 2. The van der Waals surface area contributed by atoms with E-state index in [2.05, 4.69) is 57.8 Å². The van der Waals surface area contributed by atoms with E-state index in [4.69, 9.17) is 0 Å². The van der Waals surface area contributed by atoms with Crippen molar-refractivity contribution in [2.24, 2.45) is 0 Å². The first-order chi connectivity index (χ1) is 8.58. The molecule has 18 heavy (non-hydrogen) atoms. The fourth-order valence-electron chi connectivity index (χ4n) is 2.08. The third-order valence-electron chi connectivity index (χ3n) is 2.89. The Morgan fingerprint density at radius 3 is 1.44 bits per heavy atom. The van der Waals surface area contributed by atoms with Crippen LogP contribution in [0.2, 0.25) is 0 Å². The summed E-state index contributed by atoms with van der Waals surface area (Å²) in [7, 11) is 0. The zero-order valence-corrected chi connectivity index (χ0v) is 15.5. The third kappa shape index (κ3) is 2.28. The fraction of sp³-hybridized carbons (Fsp3) is 0.286. The zero-order valence-electron chi connectivity index (χ0n) is 10.7. The van der Waals surface area contributed by atoms with Gasteiger partial charge in [-0.15, -0.1) is 22.7 Å². The van der Waals surface area contributed by atoms with Gasteiger partial charge in [0.15, 0.2) is 0 Å². The lowest BCUT2D eigenvalue weighted by atomic mass is 10.0. The second-order valence-electron chi connectivity index (χ2n) is 3.84. The van der Waals surface area contributed by atoms with E-state index in [1.165, 1.54) is 38.9 Å². The Labute approximate surface area is 132 Å². The van der Waals surface area contributed by atoms with Crippen LogP contribution in [0.25, 0.3) is 20.2 Å². The summed E-state index contributed by atoms with van der Waals surface area (Å²) in [5.74, 6) is 0. The smallest absolute Gasteiger partial charge is 0.0711 e. The zero-order chi connectivity index (χ0) is 13.4. The van der Waals surface area contributed by atoms with E-state index in [0.717, 1.165) is 0 Å². The van der Waals surface area contributed by atoms with Crippen LogP contribution >= 0.6 is 54.5 Å². The molecule has 0 fully saturated rings. The molecular weight excluding hydrogens is 392 g/mol. The molecule has 0 atom stereocenters. The first-order valence-corrected chi connectivity index (χ1v) is 9.07. The molecule has 0 radical (unpaired) electrons. The number of benzene rings is 1. The van der Waals surface area contributed by atoms with Gasteiger partial charge in [-0.3, -0.25) is 0 Å². The highest BCUT2D eigenvalue weighted by molar-refractivity contribution is 9.11. The molecule has 0 bridgehead atoms.